The summed E-state index contributed by atoms with van der Waals surface area (Å²) < 4.78 is 22.0. The van der Waals surface area contributed by atoms with Gasteiger partial charge in [-0.2, -0.15) is 0 Å². The van der Waals surface area contributed by atoms with Crippen molar-refractivity contribution in [2.24, 2.45) is 0 Å². The Kier molecular flexibility index (Phi) is 12.4. The summed E-state index contributed by atoms with van der Waals surface area (Å²) in [5.41, 5.74) is 5.40. The Morgan fingerprint density at radius 1 is 0.877 bits per heavy atom. The average Bonchev–Trinajstić information content (AvgIpc) is 4.06. The molecule has 4 atom stereocenters. The second kappa shape index (κ2) is 17.9. The number of imidazole rings is 2. The zero-order valence-corrected chi connectivity index (χ0v) is 32.5. The van der Waals surface area contributed by atoms with E-state index in [1.165, 1.54) is 7.11 Å². The van der Waals surface area contributed by atoms with Crippen LogP contribution in [0.4, 0.5) is 9.59 Å². The molecule has 0 aliphatic carbocycles. The van der Waals surface area contributed by atoms with Gasteiger partial charge in [-0.3, -0.25) is 9.59 Å². The normalized spacial score (nSPS) is 20.5. The molecule has 0 radical (unpaired) electrons. The Morgan fingerprint density at radius 3 is 2.35 bits per heavy atom. The highest BCUT2D eigenvalue weighted by molar-refractivity contribution is 5.87. The number of nitrogens with zero attached hydrogens (tertiary/aromatic N) is 4. The number of methoxy groups -OCH3 is 1. The van der Waals surface area contributed by atoms with Crippen LogP contribution in [0.5, 0.6) is 5.75 Å². The number of likely N-dealkylation sites (tertiary alicyclic amines) is 1. The largest absolute Gasteiger partial charge is 0.493 e. The van der Waals surface area contributed by atoms with E-state index in [1.54, 1.807) is 36.0 Å². The zero-order valence-electron chi connectivity index (χ0n) is 32.5. The molecule has 4 aromatic rings. The second-order valence-electron chi connectivity index (χ2n) is 14.4. The number of fused-ring (bicyclic) bond motifs is 6. The smallest absolute Gasteiger partial charge is 0.407 e. The van der Waals surface area contributed by atoms with Gasteiger partial charge in [-0.25, -0.2) is 19.6 Å². The van der Waals surface area contributed by atoms with E-state index in [0.717, 1.165) is 59.3 Å². The highest BCUT2D eigenvalue weighted by atomic mass is 16.5. The summed E-state index contributed by atoms with van der Waals surface area (Å²) >= 11 is 0. The lowest BCUT2D eigenvalue weighted by molar-refractivity contribution is -0.136. The second-order valence-corrected chi connectivity index (χ2v) is 14.4. The molecule has 2 aromatic heterocycles. The Morgan fingerprint density at radius 2 is 1.56 bits per heavy atom. The Balaban J connectivity index is 1.08. The van der Waals surface area contributed by atoms with Gasteiger partial charge in [-0.05, 0) is 81.2 Å². The number of carbonyl (C=O) groups excluding carboxylic acids is 4. The first-order valence-electron chi connectivity index (χ1n) is 19.7. The van der Waals surface area contributed by atoms with E-state index in [9.17, 15) is 19.2 Å². The maximum Gasteiger partial charge on any atom is 0.407 e. The minimum atomic E-state index is -0.875. The minimum absolute atomic E-state index is 0.0329. The van der Waals surface area contributed by atoms with E-state index in [-0.39, 0.29) is 37.1 Å². The number of H-pyrrole nitrogens is 2. The molecule has 3 aliphatic heterocycles. The summed E-state index contributed by atoms with van der Waals surface area (Å²) in [4.78, 5) is 70.7. The first-order valence-corrected chi connectivity index (χ1v) is 19.7. The van der Waals surface area contributed by atoms with Gasteiger partial charge in [0, 0.05) is 25.3 Å². The van der Waals surface area contributed by atoms with Crippen molar-refractivity contribution < 1.29 is 38.1 Å². The van der Waals surface area contributed by atoms with Gasteiger partial charge in [0.05, 0.1) is 62.8 Å². The number of aromatic amines is 2. The van der Waals surface area contributed by atoms with Crippen molar-refractivity contribution in [3.63, 3.8) is 0 Å². The number of aromatic nitrogens is 4. The van der Waals surface area contributed by atoms with Gasteiger partial charge in [-0.1, -0.05) is 30.3 Å². The molecule has 16 heteroatoms. The van der Waals surface area contributed by atoms with Crippen molar-refractivity contribution in [3.05, 3.63) is 66.5 Å². The standard InChI is InChI=1S/C41H50N8O8/c1-4-56-41(53)44-25(2)38(50)48-17-7-9-33(48)36-42-22-30(45-36)27-13-11-26(12-14-27)28-15-16-29-31-23-43-37(46-31)34-10-8-18-49(34)39(51)32(47-40(52)54-3)24-55-19-5-6-20-57-35(29)21-28/h11-16,21-23,25,32-34H,4-10,17-20,24H2,1-3H3,(H,42,45)(H,43,46)(H,44,53)(H,47,52)/t25-,32-,33-,34-/m0/s1. The van der Waals surface area contributed by atoms with Crippen LogP contribution in [0.15, 0.2) is 54.9 Å². The molecule has 0 saturated carbocycles. The first kappa shape index (κ1) is 39.3. The Hall–Kier alpha value is -5.90. The van der Waals surface area contributed by atoms with Crippen molar-refractivity contribution in [2.75, 3.05) is 46.6 Å². The SMILES string of the molecule is CCOC(=O)N[C@@H](C)C(=O)N1CCC[C@H]1c1ncc(-c2ccc(-c3ccc4c(c3)OCCCCOC[C@H](NC(=O)OC)C(=O)N3CCC[C@H]3c3ncc-4[nH]3)cc2)[nH]1. The number of hydrogen-bond donors (Lipinski definition) is 4. The summed E-state index contributed by atoms with van der Waals surface area (Å²) in [6.07, 6.45) is 6.83. The van der Waals surface area contributed by atoms with Crippen molar-refractivity contribution in [2.45, 2.75) is 76.5 Å². The van der Waals surface area contributed by atoms with Gasteiger partial charge in [0.15, 0.2) is 0 Å². The quantitative estimate of drug-likeness (QED) is 0.186. The zero-order chi connectivity index (χ0) is 39.9. The van der Waals surface area contributed by atoms with Crippen LogP contribution in [0, 0.1) is 0 Å². The number of nitrogens with one attached hydrogen (secondary N) is 4. The van der Waals surface area contributed by atoms with E-state index < -0.39 is 24.3 Å². The van der Waals surface area contributed by atoms with E-state index >= 15 is 0 Å². The Bertz CT molecular complexity index is 2050. The molecule has 7 rings (SSSR count). The number of amides is 4. The van der Waals surface area contributed by atoms with Gasteiger partial charge < -0.3 is 49.3 Å². The van der Waals surface area contributed by atoms with Gasteiger partial charge in [0.2, 0.25) is 11.8 Å². The fourth-order valence-electron chi connectivity index (χ4n) is 7.74. The molecule has 0 unspecified atom stereocenters. The molecular weight excluding hydrogens is 732 g/mol. The highest BCUT2D eigenvalue weighted by Crippen LogP contribution is 2.38. The molecule has 2 aromatic carbocycles. The predicted molar refractivity (Wildman–Crippen MR) is 209 cm³/mol. The lowest BCUT2D eigenvalue weighted by Gasteiger charge is -2.28. The number of carbonyl (C=O) groups is 4. The van der Waals surface area contributed by atoms with E-state index in [2.05, 4.69) is 43.8 Å². The van der Waals surface area contributed by atoms with E-state index in [4.69, 9.17) is 23.9 Å². The summed E-state index contributed by atoms with van der Waals surface area (Å²) in [5.74, 6) is 1.68. The number of rotatable bonds is 7. The lowest BCUT2D eigenvalue weighted by atomic mass is 10.00. The molecule has 57 heavy (non-hydrogen) atoms. The third-order valence-electron chi connectivity index (χ3n) is 10.7. The maximum atomic E-state index is 13.7. The molecule has 4 amide bonds. The fourth-order valence-corrected chi connectivity index (χ4v) is 7.74. The molecule has 2 saturated heterocycles. The van der Waals surface area contributed by atoms with Gasteiger partial charge in [-0.15, -0.1) is 0 Å². The van der Waals surface area contributed by atoms with Crippen LogP contribution in [0.3, 0.4) is 0 Å². The lowest BCUT2D eigenvalue weighted by Crippen LogP contribution is -2.50. The number of alkyl carbamates (subject to hydrolysis) is 2. The van der Waals surface area contributed by atoms with Crippen molar-refractivity contribution in [3.8, 4) is 39.4 Å². The van der Waals surface area contributed by atoms with Crippen LogP contribution in [0.25, 0.3) is 33.6 Å². The van der Waals surface area contributed by atoms with Crippen molar-refractivity contribution in [1.82, 2.24) is 40.4 Å². The van der Waals surface area contributed by atoms with Crippen LogP contribution >= 0.6 is 0 Å². The van der Waals surface area contributed by atoms with Gasteiger partial charge >= 0.3 is 12.2 Å². The molecule has 5 heterocycles. The average molecular weight is 783 g/mol. The Labute approximate surface area is 331 Å². The fraction of sp³-hybridized carbons (Fsp3) is 0.463. The molecule has 0 spiro atoms. The molecular formula is C41H50N8O8. The van der Waals surface area contributed by atoms with E-state index in [0.29, 0.717) is 56.5 Å². The summed E-state index contributed by atoms with van der Waals surface area (Å²) in [6, 6.07) is 12.2. The van der Waals surface area contributed by atoms with Crippen LogP contribution in [-0.4, -0.2) is 112 Å². The third-order valence-corrected chi connectivity index (χ3v) is 10.7. The van der Waals surface area contributed by atoms with Crippen molar-refractivity contribution >= 4 is 24.0 Å². The molecule has 3 aliphatic rings. The van der Waals surface area contributed by atoms with Crippen molar-refractivity contribution in [1.29, 1.82) is 0 Å². The van der Waals surface area contributed by atoms with Crippen LogP contribution in [-0.2, 0) is 23.8 Å². The first-order chi connectivity index (χ1) is 27.7. The summed E-state index contributed by atoms with van der Waals surface area (Å²) in [5, 5.41) is 5.25. The van der Waals surface area contributed by atoms with Crippen LogP contribution < -0.4 is 15.4 Å². The maximum absolute atomic E-state index is 13.7. The monoisotopic (exact) mass is 782 g/mol. The number of benzene rings is 2. The molecule has 16 nitrogen and oxygen atoms in total. The van der Waals surface area contributed by atoms with Gasteiger partial charge in [0.1, 0.15) is 29.5 Å². The molecule has 2 bridgehead atoms. The van der Waals surface area contributed by atoms with E-state index in [1.807, 2.05) is 24.3 Å². The van der Waals surface area contributed by atoms with Gasteiger partial charge in [0.25, 0.3) is 0 Å². The number of ether oxygens (including phenoxy) is 4. The van der Waals surface area contributed by atoms with Crippen LogP contribution in [0.1, 0.15) is 76.1 Å². The highest BCUT2D eigenvalue weighted by Gasteiger charge is 2.37. The minimum Gasteiger partial charge on any atom is -0.493 e. The summed E-state index contributed by atoms with van der Waals surface area (Å²) in [7, 11) is 1.27. The topological polar surface area (TPSA) is 193 Å². The molecule has 2 fully saturated rings. The molecule has 302 valence electrons. The van der Waals surface area contributed by atoms with Crippen LogP contribution in [0.2, 0.25) is 0 Å². The number of hydrogen-bond acceptors (Lipinski definition) is 10. The third kappa shape index (κ3) is 8.90. The summed E-state index contributed by atoms with van der Waals surface area (Å²) in [6.45, 7) is 5.62. The predicted octanol–water partition coefficient (Wildman–Crippen LogP) is 5.51. The molecule has 4 N–H and O–H groups in total.